The van der Waals surface area contributed by atoms with Gasteiger partial charge in [-0.15, -0.1) is 0 Å². The molecule has 19 heavy (non-hydrogen) atoms. The minimum absolute atomic E-state index is 0.969. The van der Waals surface area contributed by atoms with Crippen LogP contribution in [0.15, 0.2) is 48.5 Å². The Labute approximate surface area is 114 Å². The maximum Gasteiger partial charge on any atom is 0.126 e. The highest BCUT2D eigenvalue weighted by atomic mass is 16.5. The molecule has 2 aromatic carbocycles. The molecule has 3 rings (SSSR count). The molecule has 0 amide bonds. The minimum atomic E-state index is 0.969. The molecule has 2 aromatic rings. The summed E-state index contributed by atoms with van der Waals surface area (Å²) >= 11 is 0. The molecule has 0 saturated carbocycles. The molecule has 96 valence electrons. The summed E-state index contributed by atoms with van der Waals surface area (Å²) in [5, 5.41) is 0. The third-order valence-corrected chi connectivity index (χ3v) is 3.95. The fourth-order valence-corrected chi connectivity index (χ4v) is 2.94. The Morgan fingerprint density at radius 3 is 2.32 bits per heavy atom. The van der Waals surface area contributed by atoms with Crippen molar-refractivity contribution >= 4 is 11.1 Å². The molecule has 1 heteroatoms. The van der Waals surface area contributed by atoms with E-state index in [4.69, 9.17) is 4.74 Å². The van der Waals surface area contributed by atoms with Gasteiger partial charge in [-0.1, -0.05) is 42.5 Å². The van der Waals surface area contributed by atoms with Crippen LogP contribution in [-0.2, 0) is 6.42 Å². The Balaban J connectivity index is 2.16. The van der Waals surface area contributed by atoms with E-state index in [2.05, 4.69) is 43.3 Å². The average molecular weight is 250 g/mol. The van der Waals surface area contributed by atoms with E-state index in [1.165, 1.54) is 27.8 Å². The van der Waals surface area contributed by atoms with E-state index >= 15 is 0 Å². The Kier molecular flexibility index (Phi) is 3.12. The lowest BCUT2D eigenvalue weighted by Gasteiger charge is -2.22. The van der Waals surface area contributed by atoms with Gasteiger partial charge in [0.25, 0.3) is 0 Å². The highest BCUT2D eigenvalue weighted by Gasteiger charge is 2.18. The van der Waals surface area contributed by atoms with E-state index in [-0.39, 0.29) is 0 Å². The molecular formula is C18H18O. The van der Waals surface area contributed by atoms with Gasteiger partial charge in [0.1, 0.15) is 5.75 Å². The number of ether oxygens (including phenoxy) is 1. The predicted octanol–water partition coefficient (Wildman–Crippen LogP) is 4.57. The quantitative estimate of drug-likeness (QED) is 0.758. The zero-order valence-corrected chi connectivity index (χ0v) is 11.4. The maximum atomic E-state index is 5.50. The van der Waals surface area contributed by atoms with Gasteiger partial charge < -0.3 is 4.74 Å². The highest BCUT2D eigenvalue weighted by molar-refractivity contribution is 5.93. The summed E-state index contributed by atoms with van der Waals surface area (Å²) in [5.41, 5.74) is 6.87. The van der Waals surface area contributed by atoms with Crippen molar-refractivity contribution in [3.05, 3.63) is 65.2 Å². The molecule has 0 saturated heterocycles. The number of hydrogen-bond acceptors (Lipinski definition) is 1. The fraction of sp³-hybridized carbons (Fsp3) is 0.222. The lowest BCUT2D eigenvalue weighted by molar-refractivity contribution is 0.413. The van der Waals surface area contributed by atoms with Crippen LogP contribution in [0.1, 0.15) is 30.0 Å². The lowest BCUT2D eigenvalue weighted by Crippen LogP contribution is -2.04. The van der Waals surface area contributed by atoms with Crippen LogP contribution in [0.25, 0.3) is 11.1 Å². The number of para-hydroxylation sites is 1. The number of rotatable bonds is 2. The van der Waals surface area contributed by atoms with Gasteiger partial charge in [0.15, 0.2) is 0 Å². The number of fused-ring (bicyclic) bond motifs is 1. The SMILES string of the molecule is COc1ccccc1C1=C(C)c2ccccc2CC1. The van der Waals surface area contributed by atoms with Crippen LogP contribution >= 0.6 is 0 Å². The van der Waals surface area contributed by atoms with Gasteiger partial charge in [-0.2, -0.15) is 0 Å². The molecule has 1 aliphatic rings. The number of aryl methyl sites for hydroxylation is 1. The maximum absolute atomic E-state index is 5.50. The Morgan fingerprint density at radius 1 is 0.842 bits per heavy atom. The fourth-order valence-electron chi connectivity index (χ4n) is 2.94. The Hall–Kier alpha value is -2.02. The van der Waals surface area contributed by atoms with Crippen molar-refractivity contribution in [1.82, 2.24) is 0 Å². The topological polar surface area (TPSA) is 9.23 Å². The van der Waals surface area contributed by atoms with Crippen molar-refractivity contribution in [2.75, 3.05) is 7.11 Å². The van der Waals surface area contributed by atoms with E-state index in [9.17, 15) is 0 Å². The summed E-state index contributed by atoms with van der Waals surface area (Å²) in [5.74, 6) is 0.969. The normalized spacial score (nSPS) is 14.2. The summed E-state index contributed by atoms with van der Waals surface area (Å²) in [6.07, 6.45) is 2.20. The van der Waals surface area contributed by atoms with E-state index in [1.807, 2.05) is 12.1 Å². The zero-order chi connectivity index (χ0) is 13.2. The molecule has 0 fully saturated rings. The van der Waals surface area contributed by atoms with Gasteiger partial charge in [0.2, 0.25) is 0 Å². The summed E-state index contributed by atoms with van der Waals surface area (Å²) in [7, 11) is 1.74. The highest BCUT2D eigenvalue weighted by Crippen LogP contribution is 2.39. The standard InChI is InChI=1S/C18H18O/c1-13-15-8-4-3-7-14(15)11-12-16(13)17-9-5-6-10-18(17)19-2/h3-10H,11-12H2,1-2H3. The third-order valence-electron chi connectivity index (χ3n) is 3.95. The molecule has 0 radical (unpaired) electrons. The molecule has 0 aliphatic heterocycles. The molecule has 0 atom stereocenters. The van der Waals surface area contributed by atoms with Crippen LogP contribution in [0.2, 0.25) is 0 Å². The van der Waals surface area contributed by atoms with Gasteiger partial charge in [-0.05, 0) is 48.1 Å². The van der Waals surface area contributed by atoms with Gasteiger partial charge in [-0.25, -0.2) is 0 Å². The first kappa shape index (κ1) is 12.0. The van der Waals surface area contributed by atoms with Crippen LogP contribution in [0.4, 0.5) is 0 Å². The van der Waals surface area contributed by atoms with E-state index < -0.39 is 0 Å². The summed E-state index contributed by atoms with van der Waals surface area (Å²) in [6, 6.07) is 17.0. The van der Waals surface area contributed by atoms with Crippen molar-refractivity contribution in [2.24, 2.45) is 0 Å². The van der Waals surface area contributed by atoms with Crippen molar-refractivity contribution in [3.8, 4) is 5.75 Å². The van der Waals surface area contributed by atoms with E-state index in [1.54, 1.807) is 7.11 Å². The molecule has 0 bridgehead atoms. The second-order valence-electron chi connectivity index (χ2n) is 4.96. The molecule has 0 heterocycles. The Bertz CT molecular complexity index is 638. The second-order valence-corrected chi connectivity index (χ2v) is 4.96. The monoisotopic (exact) mass is 250 g/mol. The van der Waals surface area contributed by atoms with Crippen molar-refractivity contribution < 1.29 is 4.74 Å². The van der Waals surface area contributed by atoms with Crippen molar-refractivity contribution in [3.63, 3.8) is 0 Å². The number of hydrogen-bond donors (Lipinski definition) is 0. The predicted molar refractivity (Wildman–Crippen MR) is 80.2 cm³/mol. The molecule has 0 aromatic heterocycles. The first-order valence-electron chi connectivity index (χ1n) is 6.72. The van der Waals surface area contributed by atoms with E-state index in [0.29, 0.717) is 0 Å². The number of allylic oxidation sites excluding steroid dienone is 2. The summed E-state index contributed by atoms with van der Waals surface area (Å²) in [4.78, 5) is 0. The van der Waals surface area contributed by atoms with Crippen LogP contribution < -0.4 is 4.74 Å². The van der Waals surface area contributed by atoms with Crippen LogP contribution in [0.3, 0.4) is 0 Å². The number of methoxy groups -OCH3 is 1. The largest absolute Gasteiger partial charge is 0.496 e. The smallest absolute Gasteiger partial charge is 0.126 e. The van der Waals surface area contributed by atoms with Gasteiger partial charge >= 0.3 is 0 Å². The molecule has 0 spiro atoms. The van der Waals surface area contributed by atoms with Gasteiger partial charge in [-0.3, -0.25) is 0 Å². The lowest BCUT2D eigenvalue weighted by atomic mass is 9.83. The first-order valence-corrected chi connectivity index (χ1v) is 6.72. The molecule has 1 nitrogen and oxygen atoms in total. The third kappa shape index (κ3) is 2.06. The number of benzene rings is 2. The van der Waals surface area contributed by atoms with Crippen LogP contribution in [0.5, 0.6) is 5.75 Å². The molecule has 0 N–H and O–H groups in total. The average Bonchev–Trinajstić information content (AvgIpc) is 2.48. The van der Waals surface area contributed by atoms with Gasteiger partial charge in [0, 0.05) is 5.56 Å². The summed E-state index contributed by atoms with van der Waals surface area (Å²) in [6.45, 7) is 2.22. The molecule has 0 unspecified atom stereocenters. The van der Waals surface area contributed by atoms with Crippen molar-refractivity contribution in [1.29, 1.82) is 0 Å². The minimum Gasteiger partial charge on any atom is -0.496 e. The van der Waals surface area contributed by atoms with Crippen LogP contribution in [-0.4, -0.2) is 7.11 Å². The second kappa shape index (κ2) is 4.93. The van der Waals surface area contributed by atoms with E-state index in [0.717, 1.165) is 18.6 Å². The zero-order valence-electron chi connectivity index (χ0n) is 11.4. The van der Waals surface area contributed by atoms with Gasteiger partial charge in [0.05, 0.1) is 7.11 Å². The first-order chi connectivity index (χ1) is 9.31. The van der Waals surface area contributed by atoms with Crippen molar-refractivity contribution in [2.45, 2.75) is 19.8 Å². The van der Waals surface area contributed by atoms with Crippen LogP contribution in [0, 0.1) is 0 Å². The summed E-state index contributed by atoms with van der Waals surface area (Å²) < 4.78 is 5.50. The molecular weight excluding hydrogens is 232 g/mol. The molecule has 1 aliphatic carbocycles. The Morgan fingerprint density at radius 2 is 1.53 bits per heavy atom.